The largest absolute Gasteiger partial charge is 0.355 e. The second kappa shape index (κ2) is 8.90. The van der Waals surface area contributed by atoms with Crippen molar-refractivity contribution >= 4 is 5.82 Å². The molecule has 20 heavy (non-hydrogen) atoms. The van der Waals surface area contributed by atoms with E-state index in [-0.39, 0.29) is 0 Å². The first-order chi connectivity index (χ1) is 9.52. The van der Waals surface area contributed by atoms with Gasteiger partial charge in [-0.25, -0.2) is 0 Å². The van der Waals surface area contributed by atoms with Crippen molar-refractivity contribution in [1.82, 2.24) is 15.5 Å². The topological polar surface area (TPSA) is 41.0 Å². The molecule has 4 nitrogen and oxygen atoms in total. The molecule has 1 aromatic heterocycles. The molecule has 0 radical (unpaired) electrons. The Morgan fingerprint density at radius 2 is 1.60 bits per heavy atom. The highest BCUT2D eigenvalue weighted by atomic mass is 15.3. The van der Waals surface area contributed by atoms with Crippen LogP contribution in [0.4, 0.5) is 5.82 Å². The summed E-state index contributed by atoms with van der Waals surface area (Å²) in [5.74, 6) is 2.44. The van der Waals surface area contributed by atoms with Crippen LogP contribution in [0.5, 0.6) is 0 Å². The van der Waals surface area contributed by atoms with Crippen molar-refractivity contribution in [1.29, 1.82) is 0 Å². The molecule has 0 aliphatic carbocycles. The zero-order valence-corrected chi connectivity index (χ0v) is 13.7. The third kappa shape index (κ3) is 6.33. The Morgan fingerprint density at radius 1 is 1.00 bits per heavy atom. The molecule has 0 bridgehead atoms. The lowest BCUT2D eigenvalue weighted by molar-refractivity contribution is 0.531. The van der Waals surface area contributed by atoms with E-state index in [1.165, 1.54) is 12.8 Å². The zero-order chi connectivity index (χ0) is 15.0. The molecule has 1 N–H and O–H groups in total. The van der Waals surface area contributed by atoms with Gasteiger partial charge in [0, 0.05) is 19.6 Å². The Labute approximate surface area is 124 Å². The Kier molecular flexibility index (Phi) is 7.52. The number of hydrogen-bond donors (Lipinski definition) is 1. The van der Waals surface area contributed by atoms with E-state index >= 15 is 0 Å². The van der Waals surface area contributed by atoms with Crippen LogP contribution in [0.15, 0.2) is 12.1 Å². The summed E-state index contributed by atoms with van der Waals surface area (Å²) in [4.78, 5) is 2.37. The third-order valence-corrected chi connectivity index (χ3v) is 3.34. The van der Waals surface area contributed by atoms with Crippen LogP contribution in [0.2, 0.25) is 0 Å². The molecule has 0 saturated heterocycles. The Balaban J connectivity index is 2.69. The number of nitrogens with one attached hydrogen (secondary N) is 1. The predicted octanol–water partition coefficient (Wildman–Crippen LogP) is 3.09. The second-order valence-electron chi connectivity index (χ2n) is 6.27. The molecule has 0 aliphatic heterocycles. The maximum atomic E-state index is 4.39. The first kappa shape index (κ1) is 16.9. The van der Waals surface area contributed by atoms with Crippen LogP contribution in [0.25, 0.3) is 0 Å². The molecule has 0 fully saturated rings. The summed E-state index contributed by atoms with van der Waals surface area (Å²) in [5.41, 5.74) is 0.990. The fourth-order valence-electron chi connectivity index (χ4n) is 1.97. The summed E-state index contributed by atoms with van der Waals surface area (Å²) in [5, 5.41) is 11.8. The van der Waals surface area contributed by atoms with Crippen molar-refractivity contribution in [2.75, 3.05) is 25.0 Å². The number of hydrogen-bond acceptors (Lipinski definition) is 4. The van der Waals surface area contributed by atoms with E-state index in [9.17, 15) is 0 Å². The molecule has 1 heterocycles. The number of aromatic nitrogens is 2. The van der Waals surface area contributed by atoms with Gasteiger partial charge in [-0.2, -0.15) is 5.10 Å². The molecule has 0 aliphatic rings. The van der Waals surface area contributed by atoms with Crippen molar-refractivity contribution < 1.29 is 0 Å². The monoisotopic (exact) mass is 278 g/mol. The lowest BCUT2D eigenvalue weighted by atomic mass is 10.1. The molecule has 0 amide bonds. The SMILES string of the molecule is CNCc1ccc(N(CCC(C)C)CCC(C)C)nn1. The minimum absolute atomic E-state index is 0.716. The molecule has 0 spiro atoms. The van der Waals surface area contributed by atoms with E-state index in [4.69, 9.17) is 0 Å². The van der Waals surface area contributed by atoms with Crippen LogP contribution in [-0.2, 0) is 6.54 Å². The lowest BCUT2D eigenvalue weighted by Gasteiger charge is -2.25. The Morgan fingerprint density at radius 3 is 2.00 bits per heavy atom. The summed E-state index contributed by atoms with van der Waals surface area (Å²) in [6, 6.07) is 4.16. The standard InChI is InChI=1S/C16H30N4/c1-13(2)8-10-20(11-9-14(3)4)16-7-6-15(12-17-5)18-19-16/h6-7,13-14,17H,8-12H2,1-5H3. The van der Waals surface area contributed by atoms with Crippen LogP contribution in [0, 0.1) is 11.8 Å². The Bertz CT molecular complexity index is 347. The average Bonchev–Trinajstić information content (AvgIpc) is 2.40. The predicted molar refractivity (Wildman–Crippen MR) is 85.9 cm³/mol. The highest BCUT2D eigenvalue weighted by molar-refractivity contribution is 5.37. The highest BCUT2D eigenvalue weighted by Crippen LogP contribution is 2.14. The number of nitrogens with zero attached hydrogens (tertiary/aromatic N) is 3. The van der Waals surface area contributed by atoms with Gasteiger partial charge < -0.3 is 10.2 Å². The Hall–Kier alpha value is -1.16. The van der Waals surface area contributed by atoms with Crippen molar-refractivity contribution in [2.24, 2.45) is 11.8 Å². The average molecular weight is 278 g/mol. The highest BCUT2D eigenvalue weighted by Gasteiger charge is 2.10. The minimum Gasteiger partial charge on any atom is -0.355 e. The van der Waals surface area contributed by atoms with Crippen LogP contribution in [0.1, 0.15) is 46.2 Å². The molecular weight excluding hydrogens is 248 g/mol. The molecule has 114 valence electrons. The summed E-state index contributed by atoms with van der Waals surface area (Å²) in [6.45, 7) is 12.0. The molecule has 0 aromatic carbocycles. The van der Waals surface area contributed by atoms with Crippen LogP contribution < -0.4 is 10.2 Å². The molecule has 0 unspecified atom stereocenters. The summed E-state index contributed by atoms with van der Waals surface area (Å²) < 4.78 is 0. The van der Waals surface area contributed by atoms with E-state index in [1.54, 1.807) is 0 Å². The van der Waals surface area contributed by atoms with Crippen molar-refractivity contribution in [3.63, 3.8) is 0 Å². The minimum atomic E-state index is 0.716. The maximum Gasteiger partial charge on any atom is 0.151 e. The fourth-order valence-corrected chi connectivity index (χ4v) is 1.97. The van der Waals surface area contributed by atoms with Gasteiger partial charge in [-0.05, 0) is 43.9 Å². The summed E-state index contributed by atoms with van der Waals surface area (Å²) >= 11 is 0. The van der Waals surface area contributed by atoms with Gasteiger partial charge in [-0.15, -0.1) is 5.10 Å². The number of anilines is 1. The van der Waals surface area contributed by atoms with Gasteiger partial charge in [0.25, 0.3) is 0 Å². The van der Waals surface area contributed by atoms with Gasteiger partial charge in [-0.3, -0.25) is 0 Å². The molecule has 0 saturated carbocycles. The van der Waals surface area contributed by atoms with E-state index in [0.717, 1.165) is 31.1 Å². The van der Waals surface area contributed by atoms with E-state index in [1.807, 2.05) is 7.05 Å². The van der Waals surface area contributed by atoms with Gasteiger partial charge >= 0.3 is 0 Å². The van der Waals surface area contributed by atoms with Crippen molar-refractivity contribution in [3.05, 3.63) is 17.8 Å². The second-order valence-corrected chi connectivity index (χ2v) is 6.27. The fraction of sp³-hybridized carbons (Fsp3) is 0.750. The normalized spacial score (nSPS) is 11.3. The molecule has 1 rings (SSSR count). The number of rotatable bonds is 9. The van der Waals surface area contributed by atoms with Gasteiger partial charge in [-0.1, -0.05) is 27.7 Å². The van der Waals surface area contributed by atoms with Crippen molar-refractivity contribution in [3.8, 4) is 0 Å². The van der Waals surface area contributed by atoms with Crippen LogP contribution in [0.3, 0.4) is 0 Å². The molecular formula is C16H30N4. The summed E-state index contributed by atoms with van der Waals surface area (Å²) in [6.07, 6.45) is 2.39. The zero-order valence-electron chi connectivity index (χ0n) is 13.7. The van der Waals surface area contributed by atoms with Gasteiger partial charge in [0.05, 0.1) is 5.69 Å². The van der Waals surface area contributed by atoms with E-state index in [0.29, 0.717) is 11.8 Å². The first-order valence-corrected chi connectivity index (χ1v) is 7.75. The quantitative estimate of drug-likeness (QED) is 0.753. The smallest absolute Gasteiger partial charge is 0.151 e. The van der Waals surface area contributed by atoms with E-state index in [2.05, 4.69) is 60.2 Å². The van der Waals surface area contributed by atoms with Crippen LogP contribution >= 0.6 is 0 Å². The molecule has 1 aromatic rings. The van der Waals surface area contributed by atoms with Gasteiger partial charge in [0.1, 0.15) is 0 Å². The molecule has 4 heteroatoms. The van der Waals surface area contributed by atoms with Crippen molar-refractivity contribution in [2.45, 2.75) is 47.1 Å². The molecule has 0 atom stereocenters. The third-order valence-electron chi connectivity index (χ3n) is 3.34. The maximum absolute atomic E-state index is 4.39. The first-order valence-electron chi connectivity index (χ1n) is 7.75. The van der Waals surface area contributed by atoms with Gasteiger partial charge in [0.15, 0.2) is 5.82 Å². The lowest BCUT2D eigenvalue weighted by Crippen LogP contribution is -2.28. The van der Waals surface area contributed by atoms with Crippen LogP contribution in [-0.4, -0.2) is 30.3 Å². The summed E-state index contributed by atoms with van der Waals surface area (Å²) in [7, 11) is 1.92. The van der Waals surface area contributed by atoms with E-state index < -0.39 is 0 Å². The van der Waals surface area contributed by atoms with Gasteiger partial charge in [0.2, 0.25) is 0 Å².